The number of amides is 2. The predicted molar refractivity (Wildman–Crippen MR) is 210 cm³/mol. The summed E-state index contributed by atoms with van der Waals surface area (Å²) in [5.41, 5.74) is 0.724. The standard InChI is InChI=1S/C21H22F4N6S.C20H24N2O3/c1-31-12-13(10-27-31)19-16(21(23,24)25)11-26-20(29-19)28-18-8-7-15(9-17(18)22)32-30-14-5-3-2-4-6-14;1-22-11-9-17(10-12-22)25-13-3-5-15-4-2-6-16(14-15)18-7-8-19(23)21-20(18)24/h7-12,14,30H,2-6H2,1H3,(H,26,28,29);2,4,6,14,17-18H,7-13H2,1H3,(H,21,23,24). The quantitative estimate of drug-likeness (QED) is 0.0683. The highest BCUT2D eigenvalue weighted by Crippen LogP contribution is 2.36. The largest absolute Gasteiger partial charge is 0.419 e. The number of aryl methyl sites for hydroxylation is 1. The fourth-order valence-electron chi connectivity index (χ4n) is 6.86. The van der Waals surface area contributed by atoms with E-state index in [1.54, 1.807) is 13.1 Å². The number of hydrogen-bond donors (Lipinski definition) is 3. The average molecular weight is 807 g/mol. The summed E-state index contributed by atoms with van der Waals surface area (Å²) in [6.07, 6.45) is 8.00. The lowest BCUT2D eigenvalue weighted by atomic mass is 9.90. The van der Waals surface area contributed by atoms with Gasteiger partial charge in [-0.05, 0) is 87.0 Å². The number of alkyl halides is 3. The molecule has 1 saturated carbocycles. The Bertz CT molecular complexity index is 2070. The fraction of sp³-hybridized carbons (Fsp3) is 0.439. The molecule has 1 aliphatic carbocycles. The van der Waals surface area contributed by atoms with Crippen molar-refractivity contribution in [2.45, 2.75) is 86.9 Å². The summed E-state index contributed by atoms with van der Waals surface area (Å²) in [5, 5.41) is 8.99. The van der Waals surface area contributed by atoms with Crippen molar-refractivity contribution in [3.05, 3.63) is 83.6 Å². The number of hydrogen-bond acceptors (Lipinski definition) is 10. The Morgan fingerprint density at radius 2 is 1.79 bits per heavy atom. The van der Waals surface area contributed by atoms with Crippen molar-refractivity contribution in [2.75, 3.05) is 32.1 Å². The van der Waals surface area contributed by atoms with Crippen LogP contribution in [0.2, 0.25) is 0 Å². The second-order valence-electron chi connectivity index (χ2n) is 14.4. The molecule has 2 aliphatic heterocycles. The molecule has 2 amide bonds. The van der Waals surface area contributed by atoms with E-state index in [0.29, 0.717) is 42.7 Å². The molecular formula is C41H46F4N8O3S. The topological polar surface area (TPSA) is 126 Å². The number of nitrogens with one attached hydrogen (secondary N) is 3. The third-order valence-corrected chi connectivity index (χ3v) is 11.0. The van der Waals surface area contributed by atoms with Crippen molar-refractivity contribution in [2.24, 2.45) is 7.05 Å². The molecule has 16 heteroatoms. The highest BCUT2D eigenvalue weighted by Gasteiger charge is 2.36. The highest BCUT2D eigenvalue weighted by atomic mass is 32.2. The predicted octanol–water partition coefficient (Wildman–Crippen LogP) is 7.38. The van der Waals surface area contributed by atoms with Crippen molar-refractivity contribution in [3.63, 3.8) is 0 Å². The van der Waals surface area contributed by atoms with E-state index in [1.165, 1.54) is 60.4 Å². The van der Waals surface area contributed by atoms with E-state index in [2.05, 4.69) is 54.2 Å². The zero-order valence-electron chi connectivity index (χ0n) is 31.9. The minimum atomic E-state index is -4.64. The van der Waals surface area contributed by atoms with E-state index in [9.17, 15) is 27.2 Å². The third-order valence-electron chi connectivity index (χ3n) is 10.0. The minimum absolute atomic E-state index is 0.0731. The Labute approximate surface area is 333 Å². The number of halogens is 4. The summed E-state index contributed by atoms with van der Waals surface area (Å²) < 4.78 is 65.5. The van der Waals surface area contributed by atoms with Gasteiger partial charge in [-0.1, -0.05) is 43.2 Å². The molecule has 302 valence electrons. The van der Waals surface area contributed by atoms with E-state index in [0.717, 1.165) is 49.9 Å². The van der Waals surface area contributed by atoms with E-state index in [-0.39, 0.29) is 40.6 Å². The molecule has 3 N–H and O–H groups in total. The van der Waals surface area contributed by atoms with Crippen LogP contribution in [0.25, 0.3) is 11.3 Å². The van der Waals surface area contributed by atoms with Crippen molar-refractivity contribution in [3.8, 4) is 23.1 Å². The maximum Gasteiger partial charge on any atom is 0.419 e. The molecule has 2 aromatic heterocycles. The molecule has 1 unspecified atom stereocenters. The van der Waals surface area contributed by atoms with Crippen LogP contribution in [-0.2, 0) is 27.5 Å². The van der Waals surface area contributed by atoms with Gasteiger partial charge in [0.15, 0.2) is 0 Å². The zero-order chi connectivity index (χ0) is 40.4. The van der Waals surface area contributed by atoms with Crippen LogP contribution in [0.1, 0.15) is 80.4 Å². The number of aromatic nitrogens is 4. The average Bonchev–Trinajstić information content (AvgIpc) is 3.64. The highest BCUT2D eigenvalue weighted by molar-refractivity contribution is 7.97. The molecule has 4 heterocycles. The number of benzene rings is 2. The van der Waals surface area contributed by atoms with Crippen LogP contribution in [0, 0.1) is 17.7 Å². The molecule has 3 fully saturated rings. The van der Waals surface area contributed by atoms with E-state index in [4.69, 9.17) is 4.74 Å². The Morgan fingerprint density at radius 3 is 2.49 bits per heavy atom. The van der Waals surface area contributed by atoms with Gasteiger partial charge < -0.3 is 15.0 Å². The number of carbonyl (C=O) groups is 2. The molecule has 7 rings (SSSR count). The number of imide groups is 1. The van der Waals surface area contributed by atoms with Crippen LogP contribution in [0.4, 0.5) is 29.2 Å². The molecular weight excluding hydrogens is 761 g/mol. The van der Waals surface area contributed by atoms with Gasteiger partial charge in [0.05, 0.1) is 29.6 Å². The first kappa shape index (κ1) is 41.8. The monoisotopic (exact) mass is 806 g/mol. The van der Waals surface area contributed by atoms with Gasteiger partial charge in [0, 0.05) is 61.0 Å². The summed E-state index contributed by atoms with van der Waals surface area (Å²) in [7, 11) is 3.72. The number of anilines is 2. The van der Waals surface area contributed by atoms with Crippen LogP contribution >= 0.6 is 11.9 Å². The summed E-state index contributed by atoms with van der Waals surface area (Å²) in [6, 6.07) is 12.7. The van der Waals surface area contributed by atoms with Crippen LogP contribution < -0.4 is 15.4 Å². The SMILES string of the molecule is CN1CCC(OCC#Cc2cccc(C3CCC(=O)NC3=O)c2)CC1.Cn1cc(-c2nc(Nc3ccc(SNC4CCCCC4)cc3F)ncc2C(F)(F)F)cn1. The maximum atomic E-state index is 14.6. The van der Waals surface area contributed by atoms with Crippen molar-refractivity contribution < 1.29 is 31.9 Å². The van der Waals surface area contributed by atoms with Crippen LogP contribution in [0.5, 0.6) is 0 Å². The fourth-order valence-corrected chi connectivity index (χ4v) is 7.70. The summed E-state index contributed by atoms with van der Waals surface area (Å²) >= 11 is 1.38. The summed E-state index contributed by atoms with van der Waals surface area (Å²) in [4.78, 5) is 34.0. The zero-order valence-corrected chi connectivity index (χ0v) is 32.7. The lowest BCUT2D eigenvalue weighted by Gasteiger charge is -2.28. The second-order valence-corrected chi connectivity index (χ2v) is 15.3. The van der Waals surface area contributed by atoms with Gasteiger partial charge in [-0.3, -0.25) is 24.3 Å². The molecule has 57 heavy (non-hydrogen) atoms. The molecule has 3 aliphatic rings. The smallest absolute Gasteiger partial charge is 0.365 e. The normalized spacial score (nSPS) is 18.2. The van der Waals surface area contributed by atoms with Crippen molar-refractivity contribution in [1.82, 2.24) is 34.7 Å². The number of likely N-dealkylation sites (tertiary alicyclic amines) is 1. The Hall–Kier alpha value is -4.82. The number of carbonyl (C=O) groups excluding carboxylic acids is 2. The third kappa shape index (κ3) is 12.1. The molecule has 0 radical (unpaired) electrons. The molecule has 2 aromatic carbocycles. The number of nitrogens with zero attached hydrogens (tertiary/aromatic N) is 5. The Kier molecular flexibility index (Phi) is 14.3. The maximum absolute atomic E-state index is 14.6. The van der Waals surface area contributed by atoms with Gasteiger partial charge in [-0.25, -0.2) is 14.4 Å². The minimum Gasteiger partial charge on any atom is -0.365 e. The van der Waals surface area contributed by atoms with E-state index < -0.39 is 17.6 Å². The van der Waals surface area contributed by atoms with Gasteiger partial charge in [0.2, 0.25) is 17.8 Å². The lowest BCUT2D eigenvalue weighted by molar-refractivity contribution is -0.137. The summed E-state index contributed by atoms with van der Waals surface area (Å²) in [6.45, 7) is 2.58. The Morgan fingerprint density at radius 1 is 1.00 bits per heavy atom. The molecule has 0 bridgehead atoms. The van der Waals surface area contributed by atoms with Gasteiger partial charge in [-0.15, -0.1) is 0 Å². The first-order chi connectivity index (χ1) is 27.4. The van der Waals surface area contributed by atoms with Crippen LogP contribution in [0.3, 0.4) is 0 Å². The molecule has 4 aromatic rings. The number of piperidine rings is 2. The van der Waals surface area contributed by atoms with Crippen molar-refractivity contribution >= 4 is 35.4 Å². The van der Waals surface area contributed by atoms with Gasteiger partial charge in [-0.2, -0.15) is 18.3 Å². The van der Waals surface area contributed by atoms with Crippen molar-refractivity contribution in [1.29, 1.82) is 0 Å². The molecule has 0 spiro atoms. The van der Waals surface area contributed by atoms with Crippen LogP contribution in [-0.4, -0.2) is 75.4 Å². The number of ether oxygens (including phenoxy) is 1. The second kappa shape index (κ2) is 19.6. The molecule has 11 nitrogen and oxygen atoms in total. The van der Waals surface area contributed by atoms with E-state index in [1.807, 2.05) is 24.3 Å². The van der Waals surface area contributed by atoms with Gasteiger partial charge in [0.25, 0.3) is 0 Å². The molecule has 2 saturated heterocycles. The van der Waals surface area contributed by atoms with Gasteiger partial charge >= 0.3 is 6.18 Å². The lowest BCUT2D eigenvalue weighted by Crippen LogP contribution is -2.39. The van der Waals surface area contributed by atoms with E-state index >= 15 is 0 Å². The first-order valence-corrected chi connectivity index (χ1v) is 19.9. The number of rotatable bonds is 9. The Balaban J connectivity index is 0.000000199. The van der Waals surface area contributed by atoms with Crippen LogP contribution in [0.15, 0.2) is 66.0 Å². The molecule has 1 atom stereocenters. The first-order valence-electron chi connectivity index (χ1n) is 19.1. The summed E-state index contributed by atoms with van der Waals surface area (Å²) in [5.74, 6) is 4.81. The van der Waals surface area contributed by atoms with Gasteiger partial charge in [0.1, 0.15) is 18.0 Å².